The van der Waals surface area contributed by atoms with Gasteiger partial charge in [-0.1, -0.05) is 13.3 Å². The molecular weight excluding hydrogens is 362 g/mol. The van der Waals surface area contributed by atoms with Gasteiger partial charge >= 0.3 is 5.97 Å². The number of halogens is 1. The molecule has 1 aromatic carbocycles. The van der Waals surface area contributed by atoms with Crippen LogP contribution in [0.15, 0.2) is 27.6 Å². The molecule has 1 atom stereocenters. The second-order valence-corrected chi connectivity index (χ2v) is 7.21. The van der Waals surface area contributed by atoms with Gasteiger partial charge in [0.1, 0.15) is 0 Å². The van der Waals surface area contributed by atoms with Crippen LogP contribution in [0.25, 0.3) is 0 Å². The zero-order valence-corrected chi connectivity index (χ0v) is 13.9. The van der Waals surface area contributed by atoms with E-state index in [9.17, 15) is 13.2 Å². The Morgan fingerprint density at radius 3 is 2.62 bits per heavy atom. The third-order valence-electron chi connectivity index (χ3n) is 3.16. The molecular formula is C13H18BrNO5S. The number of carboxylic acid groups (broad SMARTS) is 1. The summed E-state index contributed by atoms with van der Waals surface area (Å²) in [5.74, 6) is -1.16. The van der Waals surface area contributed by atoms with Crippen LogP contribution >= 0.6 is 15.9 Å². The third kappa shape index (κ3) is 5.06. The molecule has 1 unspecified atom stereocenters. The average Bonchev–Trinajstić information content (AvgIpc) is 2.43. The summed E-state index contributed by atoms with van der Waals surface area (Å²) in [5.41, 5.74) is -0.111. The lowest BCUT2D eigenvalue weighted by Crippen LogP contribution is -2.29. The Kier molecular flexibility index (Phi) is 6.79. The molecule has 0 aromatic heterocycles. The minimum absolute atomic E-state index is 0.00167. The topological polar surface area (TPSA) is 104 Å². The van der Waals surface area contributed by atoms with Crippen molar-refractivity contribution in [1.29, 1.82) is 0 Å². The Morgan fingerprint density at radius 1 is 1.43 bits per heavy atom. The molecule has 21 heavy (non-hydrogen) atoms. The Morgan fingerprint density at radius 2 is 2.10 bits per heavy atom. The van der Waals surface area contributed by atoms with Crippen LogP contribution in [0.3, 0.4) is 0 Å². The summed E-state index contributed by atoms with van der Waals surface area (Å²) in [6.07, 6.45) is 1.25. The number of aromatic carboxylic acids is 1. The summed E-state index contributed by atoms with van der Waals surface area (Å²) < 4.78 is 27.1. The first-order valence-electron chi connectivity index (χ1n) is 6.45. The summed E-state index contributed by atoms with van der Waals surface area (Å²) in [6, 6.07) is 3.84. The molecule has 1 rings (SSSR count). The van der Waals surface area contributed by atoms with Gasteiger partial charge in [-0.2, -0.15) is 0 Å². The maximum atomic E-state index is 12.2. The van der Waals surface area contributed by atoms with Crippen molar-refractivity contribution in [3.63, 3.8) is 0 Å². The fourth-order valence-electron chi connectivity index (χ4n) is 1.78. The Bertz CT molecular complexity index is 603. The first kappa shape index (κ1) is 18.1. The number of benzene rings is 1. The molecule has 118 valence electrons. The molecule has 0 radical (unpaired) electrons. The van der Waals surface area contributed by atoms with E-state index in [1.54, 1.807) is 0 Å². The summed E-state index contributed by atoms with van der Waals surface area (Å²) in [6.45, 7) is 2.12. The number of rotatable bonds is 8. The molecule has 0 aliphatic carbocycles. The van der Waals surface area contributed by atoms with E-state index >= 15 is 0 Å². The van der Waals surface area contributed by atoms with Crippen molar-refractivity contribution in [1.82, 2.24) is 4.72 Å². The van der Waals surface area contributed by atoms with Crippen LogP contribution in [0.1, 0.15) is 30.1 Å². The molecule has 1 aromatic rings. The highest BCUT2D eigenvalue weighted by molar-refractivity contribution is 9.10. The monoisotopic (exact) mass is 379 g/mol. The number of hydrogen-bond donors (Lipinski definition) is 3. The van der Waals surface area contributed by atoms with Crippen molar-refractivity contribution >= 4 is 31.9 Å². The second kappa shape index (κ2) is 7.88. The molecule has 8 heteroatoms. The van der Waals surface area contributed by atoms with Crippen molar-refractivity contribution in [3.8, 4) is 0 Å². The molecule has 0 spiro atoms. The highest BCUT2D eigenvalue weighted by Gasteiger charge is 2.19. The molecule has 0 saturated carbocycles. The van der Waals surface area contributed by atoms with Gasteiger partial charge < -0.3 is 10.2 Å². The standard InChI is InChI=1S/C13H18BrNO5S/c1-2-9(5-6-16)8-15-21(19,20)10-3-4-12(14)11(7-10)13(17)18/h3-4,7,9,15-16H,2,5-6,8H2,1H3,(H,17,18). The highest BCUT2D eigenvalue weighted by Crippen LogP contribution is 2.21. The van der Waals surface area contributed by atoms with Crippen LogP contribution < -0.4 is 4.72 Å². The molecule has 0 aliphatic heterocycles. The maximum Gasteiger partial charge on any atom is 0.336 e. The van der Waals surface area contributed by atoms with Crippen LogP contribution in [0.5, 0.6) is 0 Å². The highest BCUT2D eigenvalue weighted by atomic mass is 79.9. The molecule has 3 N–H and O–H groups in total. The van der Waals surface area contributed by atoms with Crippen molar-refractivity contribution in [2.45, 2.75) is 24.7 Å². The summed E-state index contributed by atoms with van der Waals surface area (Å²) in [7, 11) is -3.77. The quantitative estimate of drug-likeness (QED) is 0.639. The first-order chi connectivity index (χ1) is 9.81. The summed E-state index contributed by atoms with van der Waals surface area (Å²) in [4.78, 5) is 10.9. The van der Waals surface area contributed by atoms with Gasteiger partial charge in [0.2, 0.25) is 10.0 Å². The number of carboxylic acids is 1. The lowest BCUT2D eigenvalue weighted by Gasteiger charge is -2.15. The lowest BCUT2D eigenvalue weighted by atomic mass is 10.0. The van der Waals surface area contributed by atoms with E-state index in [-0.39, 0.29) is 29.5 Å². The van der Waals surface area contributed by atoms with Crippen LogP contribution in [0.2, 0.25) is 0 Å². The third-order valence-corrected chi connectivity index (χ3v) is 5.27. The molecule has 0 fully saturated rings. The normalized spacial score (nSPS) is 13.1. The predicted octanol–water partition coefficient (Wildman–Crippen LogP) is 1.83. The largest absolute Gasteiger partial charge is 0.478 e. The number of sulfonamides is 1. The van der Waals surface area contributed by atoms with Gasteiger partial charge in [0.05, 0.1) is 10.5 Å². The second-order valence-electron chi connectivity index (χ2n) is 4.59. The number of hydrogen-bond acceptors (Lipinski definition) is 4. The minimum Gasteiger partial charge on any atom is -0.478 e. The van der Waals surface area contributed by atoms with Crippen molar-refractivity contribution < 1.29 is 23.4 Å². The molecule has 0 amide bonds. The van der Waals surface area contributed by atoms with Gasteiger partial charge in [-0.3, -0.25) is 0 Å². The molecule has 0 saturated heterocycles. The van der Waals surface area contributed by atoms with Gasteiger partial charge in [-0.25, -0.2) is 17.9 Å². The summed E-state index contributed by atoms with van der Waals surface area (Å²) >= 11 is 3.07. The van der Waals surface area contributed by atoms with E-state index in [2.05, 4.69) is 20.7 Å². The van der Waals surface area contributed by atoms with E-state index in [4.69, 9.17) is 10.2 Å². The van der Waals surface area contributed by atoms with E-state index in [0.29, 0.717) is 10.9 Å². The number of aliphatic hydroxyl groups is 1. The summed E-state index contributed by atoms with van der Waals surface area (Å²) in [5, 5.41) is 17.9. The van der Waals surface area contributed by atoms with Crippen LogP contribution in [-0.2, 0) is 10.0 Å². The van der Waals surface area contributed by atoms with Crippen LogP contribution in [0.4, 0.5) is 0 Å². The van der Waals surface area contributed by atoms with Crippen LogP contribution in [0, 0.1) is 5.92 Å². The Labute approximate surface area is 132 Å². The molecule has 0 bridgehead atoms. The predicted molar refractivity (Wildman–Crippen MR) is 81.8 cm³/mol. The fourth-order valence-corrected chi connectivity index (χ4v) is 3.34. The van der Waals surface area contributed by atoms with E-state index in [1.807, 2.05) is 6.92 Å². The molecule has 0 heterocycles. The fraction of sp³-hybridized carbons (Fsp3) is 0.462. The van der Waals surface area contributed by atoms with Gasteiger partial charge in [0.15, 0.2) is 0 Å². The average molecular weight is 380 g/mol. The van der Waals surface area contributed by atoms with Gasteiger partial charge in [-0.05, 0) is 46.5 Å². The van der Waals surface area contributed by atoms with Crippen LogP contribution in [-0.4, -0.2) is 37.8 Å². The number of carbonyl (C=O) groups is 1. The van der Waals surface area contributed by atoms with E-state index in [0.717, 1.165) is 12.5 Å². The van der Waals surface area contributed by atoms with E-state index in [1.165, 1.54) is 12.1 Å². The van der Waals surface area contributed by atoms with Gasteiger partial charge in [0, 0.05) is 17.6 Å². The zero-order chi connectivity index (χ0) is 16.0. The molecule has 6 nitrogen and oxygen atoms in total. The Balaban J connectivity index is 2.93. The smallest absolute Gasteiger partial charge is 0.336 e. The van der Waals surface area contributed by atoms with Gasteiger partial charge in [-0.15, -0.1) is 0 Å². The number of aliphatic hydroxyl groups excluding tert-OH is 1. The number of nitrogens with one attached hydrogen (secondary N) is 1. The minimum atomic E-state index is -3.77. The first-order valence-corrected chi connectivity index (χ1v) is 8.72. The molecule has 0 aliphatic rings. The Hall–Kier alpha value is -0.960. The maximum absolute atomic E-state index is 12.2. The van der Waals surface area contributed by atoms with Gasteiger partial charge in [0.25, 0.3) is 0 Å². The zero-order valence-electron chi connectivity index (χ0n) is 11.5. The van der Waals surface area contributed by atoms with E-state index < -0.39 is 16.0 Å². The van der Waals surface area contributed by atoms with Crippen molar-refractivity contribution in [2.24, 2.45) is 5.92 Å². The SMILES string of the molecule is CCC(CCO)CNS(=O)(=O)c1ccc(Br)c(C(=O)O)c1. The van der Waals surface area contributed by atoms with Crippen molar-refractivity contribution in [3.05, 3.63) is 28.2 Å². The lowest BCUT2D eigenvalue weighted by molar-refractivity contribution is 0.0695. The van der Waals surface area contributed by atoms with Crippen molar-refractivity contribution in [2.75, 3.05) is 13.2 Å².